The largest absolute Gasteiger partial charge is 0.342 e. The van der Waals surface area contributed by atoms with Gasteiger partial charge in [-0.2, -0.15) is 0 Å². The normalized spacial score (nSPS) is 24.5. The van der Waals surface area contributed by atoms with E-state index >= 15 is 0 Å². The van der Waals surface area contributed by atoms with Crippen molar-refractivity contribution in [3.05, 3.63) is 0 Å². The number of hydrogen-bond donors (Lipinski definition) is 0. The fourth-order valence-corrected chi connectivity index (χ4v) is 4.65. The van der Waals surface area contributed by atoms with Crippen molar-refractivity contribution in [3.63, 3.8) is 0 Å². The number of carbonyl (C=O) groups is 3. The highest BCUT2D eigenvalue weighted by Gasteiger charge is 2.40. The summed E-state index contributed by atoms with van der Waals surface area (Å²) >= 11 is 0. The molecule has 3 saturated heterocycles. The van der Waals surface area contributed by atoms with Crippen molar-refractivity contribution in [2.75, 3.05) is 52.4 Å². The van der Waals surface area contributed by atoms with Gasteiger partial charge in [-0.3, -0.25) is 19.3 Å². The summed E-state index contributed by atoms with van der Waals surface area (Å²) < 4.78 is 0. The second kappa shape index (κ2) is 9.45. The van der Waals surface area contributed by atoms with E-state index in [-0.39, 0.29) is 23.8 Å². The number of rotatable bonds is 3. The molecule has 0 aromatic rings. The van der Waals surface area contributed by atoms with E-state index in [2.05, 4.69) is 4.90 Å². The Labute approximate surface area is 175 Å². The molecule has 0 radical (unpaired) electrons. The third-order valence-electron chi connectivity index (χ3n) is 6.44. The predicted octanol–water partition coefficient (Wildman–Crippen LogP) is 1.57. The lowest BCUT2D eigenvalue weighted by atomic mass is 9.94. The standard InChI is InChI=1S/C22H38N4O3/c1-22(2,3)21(29)26-12-8-9-18(26)20(28)25-15-13-23(14-16-25)17-19(27)24-10-6-4-5-7-11-24/h18H,4-17H2,1-3H3. The van der Waals surface area contributed by atoms with Crippen LogP contribution in [0.2, 0.25) is 0 Å². The van der Waals surface area contributed by atoms with Gasteiger partial charge in [-0.25, -0.2) is 0 Å². The van der Waals surface area contributed by atoms with Crippen LogP contribution in [0, 0.1) is 5.41 Å². The highest BCUT2D eigenvalue weighted by Crippen LogP contribution is 2.26. The Hall–Kier alpha value is -1.63. The van der Waals surface area contributed by atoms with E-state index < -0.39 is 5.41 Å². The molecule has 3 rings (SSSR count). The molecular formula is C22H38N4O3. The molecule has 164 valence electrons. The zero-order valence-corrected chi connectivity index (χ0v) is 18.5. The molecule has 7 heteroatoms. The summed E-state index contributed by atoms with van der Waals surface area (Å²) in [6.07, 6.45) is 6.32. The second-order valence-electron chi connectivity index (χ2n) is 9.80. The molecule has 1 atom stereocenters. The summed E-state index contributed by atoms with van der Waals surface area (Å²) in [4.78, 5) is 46.3. The van der Waals surface area contributed by atoms with E-state index in [0.29, 0.717) is 26.2 Å². The zero-order valence-electron chi connectivity index (χ0n) is 18.5. The molecule has 0 saturated carbocycles. The molecule has 0 N–H and O–H groups in total. The van der Waals surface area contributed by atoms with Gasteiger partial charge in [0.1, 0.15) is 6.04 Å². The van der Waals surface area contributed by atoms with Crippen molar-refractivity contribution in [3.8, 4) is 0 Å². The number of likely N-dealkylation sites (tertiary alicyclic amines) is 2. The molecule has 0 spiro atoms. The van der Waals surface area contributed by atoms with Gasteiger partial charge in [0.15, 0.2) is 0 Å². The minimum atomic E-state index is -0.463. The molecule has 1 unspecified atom stereocenters. The maximum Gasteiger partial charge on any atom is 0.245 e. The van der Waals surface area contributed by atoms with Gasteiger partial charge in [-0.15, -0.1) is 0 Å². The van der Waals surface area contributed by atoms with Crippen molar-refractivity contribution in [1.29, 1.82) is 0 Å². The highest BCUT2D eigenvalue weighted by molar-refractivity contribution is 5.90. The number of piperazine rings is 1. The summed E-state index contributed by atoms with van der Waals surface area (Å²) in [7, 11) is 0. The minimum absolute atomic E-state index is 0.0648. The van der Waals surface area contributed by atoms with Gasteiger partial charge >= 0.3 is 0 Å². The molecule has 3 heterocycles. The monoisotopic (exact) mass is 406 g/mol. The van der Waals surface area contributed by atoms with Crippen LogP contribution >= 0.6 is 0 Å². The number of hydrogen-bond acceptors (Lipinski definition) is 4. The lowest BCUT2D eigenvalue weighted by Gasteiger charge is -2.38. The first-order chi connectivity index (χ1) is 13.8. The molecule has 0 aromatic carbocycles. The molecule has 0 aromatic heterocycles. The Balaban J connectivity index is 1.49. The fraction of sp³-hybridized carbons (Fsp3) is 0.864. The van der Waals surface area contributed by atoms with E-state index in [1.165, 1.54) is 12.8 Å². The molecule has 3 aliphatic rings. The molecule has 7 nitrogen and oxygen atoms in total. The minimum Gasteiger partial charge on any atom is -0.342 e. The topological polar surface area (TPSA) is 64.2 Å². The third-order valence-corrected chi connectivity index (χ3v) is 6.44. The zero-order chi connectivity index (χ0) is 21.0. The number of carbonyl (C=O) groups excluding carboxylic acids is 3. The Morgan fingerprint density at radius 3 is 1.97 bits per heavy atom. The average molecular weight is 407 g/mol. The van der Waals surface area contributed by atoms with Crippen molar-refractivity contribution in [2.45, 2.75) is 65.3 Å². The summed E-state index contributed by atoms with van der Waals surface area (Å²) in [6.45, 7) is 11.4. The van der Waals surface area contributed by atoms with Gasteiger partial charge in [-0.1, -0.05) is 33.6 Å². The second-order valence-corrected chi connectivity index (χ2v) is 9.80. The Bertz CT molecular complexity index is 600. The van der Waals surface area contributed by atoms with E-state index in [1.807, 2.05) is 30.6 Å². The first-order valence-electron chi connectivity index (χ1n) is 11.4. The van der Waals surface area contributed by atoms with Crippen molar-refractivity contribution < 1.29 is 14.4 Å². The first-order valence-corrected chi connectivity index (χ1v) is 11.4. The van der Waals surface area contributed by atoms with Gasteiger partial charge in [0.05, 0.1) is 6.54 Å². The van der Waals surface area contributed by atoms with Crippen LogP contribution in [0.25, 0.3) is 0 Å². The molecular weight excluding hydrogens is 368 g/mol. The maximum absolute atomic E-state index is 13.1. The quantitative estimate of drug-likeness (QED) is 0.714. The molecule has 3 amide bonds. The molecule has 3 fully saturated rings. The SMILES string of the molecule is CC(C)(C)C(=O)N1CCCC1C(=O)N1CCN(CC(=O)N2CCCCCC2)CC1. The van der Waals surface area contributed by atoms with E-state index in [4.69, 9.17) is 0 Å². The smallest absolute Gasteiger partial charge is 0.245 e. The molecule has 29 heavy (non-hydrogen) atoms. The molecule has 0 aliphatic carbocycles. The average Bonchev–Trinajstić information content (AvgIpc) is 3.00. The Morgan fingerprint density at radius 1 is 0.759 bits per heavy atom. The van der Waals surface area contributed by atoms with Crippen LogP contribution in [-0.4, -0.2) is 95.7 Å². The molecule has 3 aliphatic heterocycles. The molecule has 0 bridgehead atoms. The van der Waals surface area contributed by atoms with E-state index in [0.717, 1.165) is 51.9 Å². The van der Waals surface area contributed by atoms with E-state index in [9.17, 15) is 14.4 Å². The summed E-state index contributed by atoms with van der Waals surface area (Å²) in [5.41, 5.74) is -0.463. The number of nitrogens with zero attached hydrogens (tertiary/aromatic N) is 4. The van der Waals surface area contributed by atoms with Crippen molar-refractivity contribution >= 4 is 17.7 Å². The van der Waals surface area contributed by atoms with Crippen LogP contribution in [0.5, 0.6) is 0 Å². The van der Waals surface area contributed by atoms with Gasteiger partial charge in [0.2, 0.25) is 17.7 Å². The Kier molecular flexibility index (Phi) is 7.19. The van der Waals surface area contributed by atoms with E-state index in [1.54, 1.807) is 4.90 Å². The van der Waals surface area contributed by atoms with Gasteiger partial charge < -0.3 is 14.7 Å². The summed E-state index contributed by atoms with van der Waals surface area (Å²) in [5.74, 6) is 0.373. The highest BCUT2D eigenvalue weighted by atomic mass is 16.2. The van der Waals surface area contributed by atoms with Crippen LogP contribution < -0.4 is 0 Å². The van der Waals surface area contributed by atoms with Crippen molar-refractivity contribution in [2.24, 2.45) is 5.41 Å². The summed E-state index contributed by atoms with van der Waals surface area (Å²) in [6, 6.07) is -0.313. The van der Waals surface area contributed by atoms with Gasteiger partial charge in [0, 0.05) is 51.2 Å². The van der Waals surface area contributed by atoms with Crippen LogP contribution in [0.1, 0.15) is 59.3 Å². The maximum atomic E-state index is 13.1. The van der Waals surface area contributed by atoms with Crippen molar-refractivity contribution in [1.82, 2.24) is 19.6 Å². The summed E-state index contributed by atoms with van der Waals surface area (Å²) in [5, 5.41) is 0. The predicted molar refractivity (Wildman–Crippen MR) is 112 cm³/mol. The van der Waals surface area contributed by atoms with Crippen LogP contribution in [-0.2, 0) is 14.4 Å². The van der Waals surface area contributed by atoms with Gasteiger partial charge in [0.25, 0.3) is 0 Å². The lowest BCUT2D eigenvalue weighted by molar-refractivity contribution is -0.149. The first kappa shape index (κ1) is 22.1. The van der Waals surface area contributed by atoms with Crippen LogP contribution in [0.4, 0.5) is 0 Å². The van der Waals surface area contributed by atoms with Crippen LogP contribution in [0.3, 0.4) is 0 Å². The van der Waals surface area contributed by atoms with Gasteiger partial charge in [-0.05, 0) is 25.7 Å². The number of amides is 3. The lowest BCUT2D eigenvalue weighted by Crippen LogP contribution is -2.56. The van der Waals surface area contributed by atoms with Crippen LogP contribution in [0.15, 0.2) is 0 Å². The Morgan fingerprint density at radius 2 is 1.38 bits per heavy atom. The third kappa shape index (κ3) is 5.50. The fourth-order valence-electron chi connectivity index (χ4n) is 4.65.